The van der Waals surface area contributed by atoms with E-state index in [4.69, 9.17) is 13.8 Å². The fourth-order valence-electron chi connectivity index (χ4n) is 2.58. The first-order valence-corrected chi connectivity index (χ1v) is 10.3. The number of anilines is 1. The number of rotatable bonds is 9. The molecule has 1 heterocycles. The molecular formula is C19H28N2O4P+. The van der Waals surface area contributed by atoms with Crippen LogP contribution >= 0.6 is 7.60 Å². The van der Waals surface area contributed by atoms with Gasteiger partial charge in [-0.2, -0.15) is 0 Å². The van der Waals surface area contributed by atoms with Crippen molar-refractivity contribution in [3.63, 3.8) is 0 Å². The third kappa shape index (κ3) is 5.31. The van der Waals surface area contributed by atoms with E-state index in [2.05, 4.69) is 10.3 Å². The van der Waals surface area contributed by atoms with E-state index in [0.29, 0.717) is 17.1 Å². The summed E-state index contributed by atoms with van der Waals surface area (Å²) in [4.78, 5) is 3.10. The molecular weight excluding hydrogens is 351 g/mol. The van der Waals surface area contributed by atoms with Crippen molar-refractivity contribution in [1.29, 1.82) is 0 Å². The second-order valence-corrected chi connectivity index (χ2v) is 8.43. The van der Waals surface area contributed by atoms with E-state index in [0.717, 1.165) is 0 Å². The van der Waals surface area contributed by atoms with Gasteiger partial charge in [-0.1, -0.05) is 24.3 Å². The minimum Gasteiger partial charge on any atom is -0.496 e. The monoisotopic (exact) mass is 379 g/mol. The Hall–Kier alpha value is -1.88. The molecule has 0 spiro atoms. The van der Waals surface area contributed by atoms with E-state index in [-0.39, 0.29) is 12.2 Å². The van der Waals surface area contributed by atoms with Gasteiger partial charge < -0.3 is 13.8 Å². The van der Waals surface area contributed by atoms with Gasteiger partial charge in [-0.25, -0.2) is 4.98 Å². The lowest BCUT2D eigenvalue weighted by Gasteiger charge is -2.28. The van der Waals surface area contributed by atoms with Gasteiger partial charge in [0, 0.05) is 6.07 Å². The lowest BCUT2D eigenvalue weighted by Crippen LogP contribution is -2.22. The molecule has 0 saturated heterocycles. The summed E-state index contributed by atoms with van der Waals surface area (Å²) >= 11 is 0. The number of methoxy groups -OCH3 is 1. The maximum absolute atomic E-state index is 13.8. The number of nitrogens with one attached hydrogen (secondary N) is 2. The Morgan fingerprint density at radius 3 is 2.12 bits per heavy atom. The number of para-hydroxylation sites is 1. The van der Waals surface area contributed by atoms with E-state index < -0.39 is 13.4 Å². The van der Waals surface area contributed by atoms with Crippen molar-refractivity contribution in [1.82, 2.24) is 0 Å². The van der Waals surface area contributed by atoms with Crippen LogP contribution in [0.25, 0.3) is 0 Å². The number of ether oxygens (including phenoxy) is 1. The lowest BCUT2D eigenvalue weighted by molar-refractivity contribution is -0.361. The van der Waals surface area contributed by atoms with Crippen molar-refractivity contribution in [2.75, 3.05) is 12.4 Å². The zero-order chi connectivity index (χ0) is 19.2. The van der Waals surface area contributed by atoms with Gasteiger partial charge in [0.25, 0.3) is 5.82 Å². The zero-order valence-electron chi connectivity index (χ0n) is 15.9. The average molecular weight is 379 g/mol. The highest BCUT2D eigenvalue weighted by molar-refractivity contribution is 7.54. The molecule has 142 valence electrons. The molecule has 2 aromatic rings. The SMILES string of the molecule is COc1ccccc1[C@@H](Nc1cccc[nH+]1)P(=O)(OC(C)C)OC(C)C. The fourth-order valence-corrected chi connectivity index (χ4v) is 4.90. The molecule has 2 rings (SSSR count). The smallest absolute Gasteiger partial charge is 0.379 e. The quantitative estimate of drug-likeness (QED) is 0.642. The number of aromatic amines is 1. The van der Waals surface area contributed by atoms with Crippen LogP contribution in [-0.2, 0) is 13.6 Å². The van der Waals surface area contributed by atoms with Crippen molar-refractivity contribution >= 4 is 13.4 Å². The molecule has 2 N–H and O–H groups in total. The molecule has 0 amide bonds. The Morgan fingerprint density at radius 2 is 1.58 bits per heavy atom. The van der Waals surface area contributed by atoms with Crippen molar-refractivity contribution in [2.45, 2.75) is 45.7 Å². The summed E-state index contributed by atoms with van der Waals surface area (Å²) in [7, 11) is -1.99. The molecule has 0 saturated carbocycles. The molecule has 6 nitrogen and oxygen atoms in total. The third-order valence-electron chi connectivity index (χ3n) is 3.47. The highest BCUT2D eigenvalue weighted by Gasteiger charge is 2.44. The van der Waals surface area contributed by atoms with Crippen LogP contribution in [0, 0.1) is 0 Å². The first kappa shape index (κ1) is 20.4. The molecule has 1 aromatic carbocycles. The Bertz CT molecular complexity index is 723. The summed E-state index contributed by atoms with van der Waals surface area (Å²) in [5, 5.41) is 3.27. The second-order valence-electron chi connectivity index (χ2n) is 6.41. The van der Waals surface area contributed by atoms with Crippen LogP contribution in [0.4, 0.5) is 5.82 Å². The molecule has 26 heavy (non-hydrogen) atoms. The van der Waals surface area contributed by atoms with Gasteiger partial charge >= 0.3 is 7.60 Å². The summed E-state index contributed by atoms with van der Waals surface area (Å²) in [5.41, 5.74) is 0.705. The molecule has 1 atom stereocenters. The maximum atomic E-state index is 13.8. The van der Waals surface area contributed by atoms with Crippen LogP contribution in [0.5, 0.6) is 5.75 Å². The maximum Gasteiger partial charge on any atom is 0.379 e. The van der Waals surface area contributed by atoms with E-state index in [1.165, 1.54) is 0 Å². The van der Waals surface area contributed by atoms with Gasteiger partial charge in [-0.15, -0.1) is 0 Å². The molecule has 0 aliphatic carbocycles. The Balaban J connectivity index is 2.54. The van der Waals surface area contributed by atoms with Gasteiger partial charge in [0.2, 0.25) is 5.78 Å². The van der Waals surface area contributed by atoms with E-state index in [1.807, 2.05) is 70.2 Å². The topological polar surface area (TPSA) is 70.9 Å². The largest absolute Gasteiger partial charge is 0.496 e. The predicted octanol–water partition coefficient (Wildman–Crippen LogP) is 4.66. The van der Waals surface area contributed by atoms with Crippen LogP contribution in [0.15, 0.2) is 48.7 Å². The number of pyridine rings is 1. The van der Waals surface area contributed by atoms with Crippen molar-refractivity contribution in [2.24, 2.45) is 0 Å². The van der Waals surface area contributed by atoms with Gasteiger partial charge in [0.15, 0.2) is 0 Å². The number of hydrogen-bond donors (Lipinski definition) is 1. The first-order chi connectivity index (χ1) is 12.4. The minimum absolute atomic E-state index is 0.265. The normalized spacial score (nSPS) is 13.0. The standard InChI is InChI=1S/C19H27N2O4P/c1-14(2)24-26(22,25-15(3)4)19(21-18-12-8-9-13-20-18)16-10-6-7-11-17(16)23-5/h6-15,19H,1-5H3,(H,20,21)/p+1/t19-/m0/s1. The van der Waals surface area contributed by atoms with Gasteiger partial charge in [0.05, 0.1) is 31.1 Å². The molecule has 0 bridgehead atoms. The van der Waals surface area contributed by atoms with E-state index in [9.17, 15) is 4.57 Å². The average Bonchev–Trinajstić information content (AvgIpc) is 2.59. The summed E-state index contributed by atoms with van der Waals surface area (Å²) < 4.78 is 31.0. The molecule has 7 heteroatoms. The first-order valence-electron chi connectivity index (χ1n) is 8.68. The lowest BCUT2D eigenvalue weighted by atomic mass is 10.2. The fraction of sp³-hybridized carbons (Fsp3) is 0.421. The highest BCUT2D eigenvalue weighted by Crippen LogP contribution is 2.63. The molecule has 0 unspecified atom stereocenters. The van der Waals surface area contributed by atoms with Crippen LogP contribution in [0.1, 0.15) is 39.0 Å². The van der Waals surface area contributed by atoms with E-state index >= 15 is 0 Å². The van der Waals surface area contributed by atoms with Crippen LogP contribution in [0.3, 0.4) is 0 Å². The van der Waals surface area contributed by atoms with Crippen LogP contribution in [-0.4, -0.2) is 19.3 Å². The summed E-state index contributed by atoms with van der Waals surface area (Å²) in [5.74, 6) is 0.575. The van der Waals surface area contributed by atoms with Gasteiger partial charge in [0.1, 0.15) is 5.75 Å². The minimum atomic E-state index is -3.58. The summed E-state index contributed by atoms with van der Waals surface area (Å²) in [6.45, 7) is 7.35. The molecule has 0 fully saturated rings. The van der Waals surface area contributed by atoms with Crippen molar-refractivity contribution in [3.05, 3.63) is 54.2 Å². The molecule has 0 aliphatic rings. The Morgan fingerprint density at radius 1 is 0.962 bits per heavy atom. The van der Waals surface area contributed by atoms with Crippen molar-refractivity contribution in [3.8, 4) is 5.75 Å². The number of aromatic nitrogens is 1. The van der Waals surface area contributed by atoms with Crippen LogP contribution in [0.2, 0.25) is 0 Å². The predicted molar refractivity (Wildman–Crippen MR) is 102 cm³/mol. The molecule has 0 aliphatic heterocycles. The Kier molecular flexibility index (Phi) is 7.21. The van der Waals surface area contributed by atoms with Gasteiger partial charge in [-0.05, 0) is 39.8 Å². The molecule has 1 aromatic heterocycles. The highest BCUT2D eigenvalue weighted by atomic mass is 31.2. The number of H-pyrrole nitrogens is 1. The molecule has 0 radical (unpaired) electrons. The second kappa shape index (κ2) is 9.17. The van der Waals surface area contributed by atoms with Crippen molar-refractivity contribution < 1.29 is 23.3 Å². The summed E-state index contributed by atoms with van der Waals surface area (Å²) in [6, 6.07) is 13.0. The summed E-state index contributed by atoms with van der Waals surface area (Å²) in [6.07, 6.45) is 1.26. The van der Waals surface area contributed by atoms with E-state index in [1.54, 1.807) is 13.3 Å². The third-order valence-corrected chi connectivity index (χ3v) is 5.94. The Labute approximate surface area is 155 Å². The van der Waals surface area contributed by atoms with Gasteiger partial charge in [-0.3, -0.25) is 9.88 Å². The zero-order valence-corrected chi connectivity index (χ0v) is 16.8. The number of benzene rings is 1. The number of hydrogen-bond acceptors (Lipinski definition) is 5. The van der Waals surface area contributed by atoms with Crippen LogP contribution < -0.4 is 15.0 Å².